The smallest absolute Gasteiger partial charge is 0.0689 e. The van der Waals surface area contributed by atoms with Gasteiger partial charge in [-0.15, -0.1) is 6.42 Å². The highest BCUT2D eigenvalue weighted by Crippen LogP contribution is 2.35. The number of hydrogen-bond acceptors (Lipinski definition) is 1. The van der Waals surface area contributed by atoms with Crippen molar-refractivity contribution in [2.45, 2.75) is 38.3 Å². The molecule has 0 saturated carbocycles. The molecule has 1 aliphatic carbocycles. The average Bonchev–Trinajstić information content (AvgIpc) is 2.71. The second-order valence-electron chi connectivity index (χ2n) is 4.19. The number of benzene rings is 1. The fourth-order valence-electron chi connectivity index (χ4n) is 2.31. The summed E-state index contributed by atoms with van der Waals surface area (Å²) in [5, 5.41) is 3.54. The Morgan fingerprint density at radius 1 is 1.62 bits per heavy atom. The lowest BCUT2D eigenvalue weighted by molar-refractivity contribution is 0.481. The Kier molecular flexibility index (Phi) is 3.68. The van der Waals surface area contributed by atoms with Gasteiger partial charge in [0.1, 0.15) is 0 Å². The van der Waals surface area contributed by atoms with Gasteiger partial charge in [0.05, 0.1) is 6.04 Å². The summed E-state index contributed by atoms with van der Waals surface area (Å²) in [6, 6.07) is 7.02. The van der Waals surface area contributed by atoms with Crippen LogP contribution in [0.4, 0.5) is 0 Å². The molecule has 1 aromatic rings. The lowest BCUT2D eigenvalue weighted by atomic mass is 10.1. The van der Waals surface area contributed by atoms with E-state index >= 15 is 0 Å². The van der Waals surface area contributed by atoms with Crippen LogP contribution in [0.3, 0.4) is 0 Å². The number of nitrogens with one attached hydrogen (secondary N) is 1. The van der Waals surface area contributed by atoms with Gasteiger partial charge in [0.2, 0.25) is 0 Å². The first-order chi connectivity index (χ1) is 7.76. The fourth-order valence-corrected chi connectivity index (χ4v) is 2.89. The van der Waals surface area contributed by atoms with E-state index in [4.69, 9.17) is 6.42 Å². The van der Waals surface area contributed by atoms with Crippen LogP contribution in [0.15, 0.2) is 22.7 Å². The van der Waals surface area contributed by atoms with Crippen LogP contribution in [0, 0.1) is 12.3 Å². The summed E-state index contributed by atoms with van der Waals surface area (Å²) in [7, 11) is 0. The summed E-state index contributed by atoms with van der Waals surface area (Å²) >= 11 is 3.61. The zero-order valence-corrected chi connectivity index (χ0v) is 11.0. The molecule has 0 spiro atoms. The monoisotopic (exact) mass is 277 g/mol. The Morgan fingerprint density at radius 3 is 3.12 bits per heavy atom. The van der Waals surface area contributed by atoms with Crippen LogP contribution < -0.4 is 5.32 Å². The van der Waals surface area contributed by atoms with E-state index in [2.05, 4.69) is 52.3 Å². The predicted molar refractivity (Wildman–Crippen MR) is 71.3 cm³/mol. The number of hydrogen-bond donors (Lipinski definition) is 1. The number of rotatable bonds is 3. The molecule has 0 heterocycles. The van der Waals surface area contributed by atoms with Crippen LogP contribution in [-0.2, 0) is 6.42 Å². The van der Waals surface area contributed by atoms with E-state index in [-0.39, 0.29) is 6.04 Å². The molecule has 1 aromatic carbocycles. The first kappa shape index (κ1) is 11.7. The largest absolute Gasteiger partial charge is 0.297 e. The molecule has 0 aliphatic heterocycles. The minimum atomic E-state index is 0.190. The third kappa shape index (κ3) is 2.16. The summed E-state index contributed by atoms with van der Waals surface area (Å²) in [4.78, 5) is 0. The number of fused-ring (bicyclic) bond motifs is 1. The van der Waals surface area contributed by atoms with Gasteiger partial charge in [0.15, 0.2) is 0 Å². The van der Waals surface area contributed by atoms with Gasteiger partial charge < -0.3 is 0 Å². The van der Waals surface area contributed by atoms with Crippen molar-refractivity contribution in [2.24, 2.45) is 0 Å². The first-order valence-electron chi connectivity index (χ1n) is 5.75. The lowest BCUT2D eigenvalue weighted by Gasteiger charge is -2.18. The van der Waals surface area contributed by atoms with Crippen LogP contribution in [0.1, 0.15) is 36.9 Å². The second-order valence-corrected chi connectivity index (χ2v) is 5.05. The quantitative estimate of drug-likeness (QED) is 0.835. The molecule has 0 amide bonds. The summed E-state index contributed by atoms with van der Waals surface area (Å²) < 4.78 is 1.23. The van der Waals surface area contributed by atoms with E-state index in [1.165, 1.54) is 15.6 Å². The van der Waals surface area contributed by atoms with Crippen molar-refractivity contribution in [3.63, 3.8) is 0 Å². The predicted octanol–water partition coefficient (Wildman–Crippen LogP) is 3.44. The van der Waals surface area contributed by atoms with E-state index in [0.29, 0.717) is 6.04 Å². The van der Waals surface area contributed by atoms with Gasteiger partial charge in [-0.1, -0.05) is 40.9 Å². The minimum Gasteiger partial charge on any atom is -0.297 e. The van der Waals surface area contributed by atoms with Crippen molar-refractivity contribution in [1.29, 1.82) is 0 Å². The maximum absolute atomic E-state index is 5.49. The normalized spacial score (nSPS) is 20.2. The molecule has 2 rings (SSSR count). The van der Waals surface area contributed by atoms with Gasteiger partial charge in [-0.3, -0.25) is 5.32 Å². The van der Waals surface area contributed by atoms with Crippen LogP contribution in [0.5, 0.6) is 0 Å². The Balaban J connectivity index is 2.18. The van der Waals surface area contributed by atoms with Gasteiger partial charge in [-0.05, 0) is 36.5 Å². The Hall–Kier alpha value is -0.780. The van der Waals surface area contributed by atoms with Crippen molar-refractivity contribution >= 4 is 15.9 Å². The fraction of sp³-hybridized carbons (Fsp3) is 0.429. The van der Waals surface area contributed by atoms with Gasteiger partial charge in [-0.2, -0.15) is 0 Å². The van der Waals surface area contributed by atoms with Crippen molar-refractivity contribution < 1.29 is 0 Å². The van der Waals surface area contributed by atoms with Gasteiger partial charge >= 0.3 is 0 Å². The third-order valence-electron chi connectivity index (χ3n) is 3.23. The molecule has 1 nitrogen and oxygen atoms in total. The van der Waals surface area contributed by atoms with Crippen LogP contribution in [-0.4, -0.2) is 6.04 Å². The Morgan fingerprint density at radius 2 is 2.44 bits per heavy atom. The first-order valence-corrected chi connectivity index (χ1v) is 6.55. The number of terminal acetylenes is 1. The molecule has 84 valence electrons. The maximum Gasteiger partial charge on any atom is 0.0689 e. The average molecular weight is 278 g/mol. The SMILES string of the molecule is C#CC(CC)NC1CCc2c(Br)cccc21. The molecule has 16 heavy (non-hydrogen) atoms. The molecule has 0 aromatic heterocycles. The van der Waals surface area contributed by atoms with E-state index < -0.39 is 0 Å². The van der Waals surface area contributed by atoms with Crippen LogP contribution in [0.25, 0.3) is 0 Å². The van der Waals surface area contributed by atoms with Crippen molar-refractivity contribution in [3.05, 3.63) is 33.8 Å². The van der Waals surface area contributed by atoms with Crippen molar-refractivity contribution in [1.82, 2.24) is 5.32 Å². The molecule has 0 saturated heterocycles. The van der Waals surface area contributed by atoms with Crippen molar-refractivity contribution in [3.8, 4) is 12.3 Å². The van der Waals surface area contributed by atoms with E-state index in [1.54, 1.807) is 0 Å². The lowest BCUT2D eigenvalue weighted by Crippen LogP contribution is -2.30. The highest BCUT2D eigenvalue weighted by Gasteiger charge is 2.24. The van der Waals surface area contributed by atoms with Gasteiger partial charge in [-0.25, -0.2) is 0 Å². The summed E-state index contributed by atoms with van der Waals surface area (Å²) in [6.45, 7) is 2.12. The second kappa shape index (κ2) is 5.03. The molecule has 2 heteroatoms. The number of halogens is 1. The van der Waals surface area contributed by atoms with E-state index in [0.717, 1.165) is 19.3 Å². The molecule has 2 unspecified atom stereocenters. The highest BCUT2D eigenvalue weighted by atomic mass is 79.9. The van der Waals surface area contributed by atoms with Crippen LogP contribution in [0.2, 0.25) is 0 Å². The summed E-state index contributed by atoms with van der Waals surface area (Å²) in [5.74, 6) is 2.80. The van der Waals surface area contributed by atoms with Crippen LogP contribution >= 0.6 is 15.9 Å². The molecule has 2 atom stereocenters. The van der Waals surface area contributed by atoms with Gasteiger partial charge in [0.25, 0.3) is 0 Å². The maximum atomic E-state index is 5.49. The van der Waals surface area contributed by atoms with Gasteiger partial charge in [0, 0.05) is 10.5 Å². The summed E-state index contributed by atoms with van der Waals surface area (Å²) in [6.07, 6.45) is 8.76. The molecule has 0 radical (unpaired) electrons. The molecule has 1 N–H and O–H groups in total. The Bertz CT molecular complexity index is 419. The standard InChI is InChI=1S/C14H16BrN/c1-3-10(4-2)16-14-9-8-11-12(14)6-5-7-13(11)15/h1,5-7,10,14,16H,4,8-9H2,2H3. The summed E-state index contributed by atoms with van der Waals surface area (Å²) in [5.41, 5.74) is 2.84. The minimum absolute atomic E-state index is 0.190. The molecular weight excluding hydrogens is 262 g/mol. The molecule has 1 aliphatic rings. The molecular formula is C14H16BrN. The zero-order chi connectivity index (χ0) is 11.5. The molecule has 0 bridgehead atoms. The highest BCUT2D eigenvalue weighted by molar-refractivity contribution is 9.10. The van der Waals surface area contributed by atoms with E-state index in [1.807, 2.05) is 0 Å². The molecule has 0 fully saturated rings. The zero-order valence-electron chi connectivity index (χ0n) is 9.46. The third-order valence-corrected chi connectivity index (χ3v) is 3.97. The van der Waals surface area contributed by atoms with E-state index in [9.17, 15) is 0 Å². The Labute approximate surface area is 106 Å². The topological polar surface area (TPSA) is 12.0 Å². The van der Waals surface area contributed by atoms with Crippen molar-refractivity contribution in [2.75, 3.05) is 0 Å².